The molecular weight excluding hydrogens is 273 g/mol. The maximum absolute atomic E-state index is 13.8. The summed E-state index contributed by atoms with van der Waals surface area (Å²) in [5, 5.41) is 7.01. The molecule has 0 amide bonds. The van der Waals surface area contributed by atoms with Crippen molar-refractivity contribution in [2.75, 3.05) is 19.7 Å². The molecule has 0 radical (unpaired) electrons. The summed E-state index contributed by atoms with van der Waals surface area (Å²) >= 11 is 5.72. The zero-order valence-corrected chi connectivity index (χ0v) is 10.7. The van der Waals surface area contributed by atoms with E-state index in [1.54, 1.807) is 12.1 Å². The number of benzene rings is 1. The Labute approximate surface area is 113 Å². The van der Waals surface area contributed by atoms with Crippen LogP contribution in [0.5, 0.6) is 0 Å². The number of nitrogens with zero attached hydrogens (tertiary/aromatic N) is 2. The van der Waals surface area contributed by atoms with E-state index in [0.29, 0.717) is 19.0 Å². The fraction of sp³-hybridized carbons (Fsp3) is 0.333. The SMILES string of the molecule is Fc1c(Cl)cccc1-c1nc(C2CNCCO2)no1. The van der Waals surface area contributed by atoms with Crippen molar-refractivity contribution in [1.29, 1.82) is 0 Å². The molecule has 19 heavy (non-hydrogen) atoms. The highest BCUT2D eigenvalue weighted by molar-refractivity contribution is 6.31. The summed E-state index contributed by atoms with van der Waals surface area (Å²) in [5.41, 5.74) is 0.190. The zero-order valence-electron chi connectivity index (χ0n) is 9.90. The molecule has 0 aliphatic carbocycles. The monoisotopic (exact) mass is 283 g/mol. The van der Waals surface area contributed by atoms with Gasteiger partial charge >= 0.3 is 0 Å². The number of halogens is 2. The Morgan fingerprint density at radius 3 is 3.11 bits per heavy atom. The van der Waals surface area contributed by atoms with Crippen LogP contribution in [0.2, 0.25) is 5.02 Å². The summed E-state index contributed by atoms with van der Waals surface area (Å²) in [6.45, 7) is 1.99. The first kappa shape index (κ1) is 12.5. The van der Waals surface area contributed by atoms with Crippen molar-refractivity contribution in [3.05, 3.63) is 34.9 Å². The minimum absolute atomic E-state index is 0.0211. The highest BCUT2D eigenvalue weighted by atomic mass is 35.5. The van der Waals surface area contributed by atoms with Crippen molar-refractivity contribution in [1.82, 2.24) is 15.5 Å². The minimum atomic E-state index is -0.568. The Morgan fingerprint density at radius 2 is 2.32 bits per heavy atom. The van der Waals surface area contributed by atoms with Crippen molar-refractivity contribution in [2.45, 2.75) is 6.10 Å². The second kappa shape index (κ2) is 5.24. The van der Waals surface area contributed by atoms with Gasteiger partial charge < -0.3 is 14.6 Å². The van der Waals surface area contributed by atoms with Gasteiger partial charge in [0.15, 0.2) is 5.82 Å². The van der Waals surface area contributed by atoms with E-state index in [4.69, 9.17) is 20.9 Å². The third-order valence-corrected chi connectivity index (χ3v) is 3.13. The van der Waals surface area contributed by atoms with Crippen LogP contribution in [0, 0.1) is 5.82 Å². The molecule has 2 aromatic rings. The minimum Gasteiger partial charge on any atom is -0.367 e. The number of morpholine rings is 1. The highest BCUT2D eigenvalue weighted by Crippen LogP contribution is 2.27. The number of hydrogen-bond acceptors (Lipinski definition) is 5. The fourth-order valence-corrected chi connectivity index (χ4v) is 2.05. The lowest BCUT2D eigenvalue weighted by Gasteiger charge is -2.20. The van der Waals surface area contributed by atoms with Gasteiger partial charge in [0.2, 0.25) is 5.82 Å². The van der Waals surface area contributed by atoms with Crippen LogP contribution >= 0.6 is 11.6 Å². The number of rotatable bonds is 2. The maximum atomic E-state index is 13.8. The third kappa shape index (κ3) is 2.47. The first-order valence-electron chi connectivity index (χ1n) is 5.86. The Morgan fingerprint density at radius 1 is 1.42 bits per heavy atom. The van der Waals surface area contributed by atoms with E-state index in [1.807, 2.05) is 0 Å². The smallest absolute Gasteiger partial charge is 0.261 e. The summed E-state index contributed by atoms with van der Waals surface area (Å²) in [6.07, 6.45) is -0.270. The molecule has 1 fully saturated rings. The summed E-state index contributed by atoms with van der Waals surface area (Å²) in [5.74, 6) is -0.0622. The van der Waals surface area contributed by atoms with Gasteiger partial charge in [-0.2, -0.15) is 4.98 Å². The summed E-state index contributed by atoms with van der Waals surface area (Å²) in [6, 6.07) is 4.63. The van der Waals surface area contributed by atoms with E-state index < -0.39 is 5.82 Å². The lowest BCUT2D eigenvalue weighted by molar-refractivity contribution is 0.0208. The van der Waals surface area contributed by atoms with Gasteiger partial charge in [-0.15, -0.1) is 0 Å². The highest BCUT2D eigenvalue weighted by Gasteiger charge is 2.23. The van der Waals surface area contributed by atoms with Gasteiger partial charge in [-0.3, -0.25) is 0 Å². The van der Waals surface area contributed by atoms with E-state index >= 15 is 0 Å². The molecule has 0 saturated carbocycles. The van der Waals surface area contributed by atoms with Crippen LogP contribution in [0.3, 0.4) is 0 Å². The van der Waals surface area contributed by atoms with Crippen LogP contribution in [0.1, 0.15) is 11.9 Å². The summed E-state index contributed by atoms with van der Waals surface area (Å²) < 4.78 is 24.4. The zero-order chi connectivity index (χ0) is 13.2. The van der Waals surface area contributed by atoms with Crippen LogP contribution in [-0.4, -0.2) is 29.8 Å². The molecule has 0 spiro atoms. The molecule has 1 N–H and O–H groups in total. The van der Waals surface area contributed by atoms with Crippen molar-refractivity contribution >= 4 is 11.6 Å². The van der Waals surface area contributed by atoms with Crippen molar-refractivity contribution in [3.63, 3.8) is 0 Å². The number of nitrogens with one attached hydrogen (secondary N) is 1. The first-order valence-corrected chi connectivity index (χ1v) is 6.24. The molecule has 1 aromatic carbocycles. The van der Waals surface area contributed by atoms with Gasteiger partial charge in [0, 0.05) is 13.1 Å². The van der Waals surface area contributed by atoms with Gasteiger partial charge in [0.05, 0.1) is 17.2 Å². The van der Waals surface area contributed by atoms with E-state index in [-0.39, 0.29) is 22.6 Å². The van der Waals surface area contributed by atoms with Crippen LogP contribution in [-0.2, 0) is 4.74 Å². The van der Waals surface area contributed by atoms with Gasteiger partial charge in [-0.25, -0.2) is 4.39 Å². The van der Waals surface area contributed by atoms with Gasteiger partial charge in [0.25, 0.3) is 5.89 Å². The van der Waals surface area contributed by atoms with Crippen molar-refractivity contribution in [2.24, 2.45) is 0 Å². The fourth-order valence-electron chi connectivity index (χ4n) is 1.88. The van der Waals surface area contributed by atoms with E-state index in [2.05, 4.69) is 15.5 Å². The molecular formula is C12H11ClFN3O2. The second-order valence-corrected chi connectivity index (χ2v) is 4.53. The standard InChI is InChI=1S/C12H11ClFN3O2/c13-8-3-1-2-7(10(8)14)12-16-11(17-19-12)9-6-15-4-5-18-9/h1-3,9,15H,4-6H2. The maximum Gasteiger partial charge on any atom is 0.261 e. The van der Waals surface area contributed by atoms with E-state index in [1.165, 1.54) is 6.07 Å². The Kier molecular flexibility index (Phi) is 3.46. The summed E-state index contributed by atoms with van der Waals surface area (Å²) in [4.78, 5) is 4.16. The lowest BCUT2D eigenvalue weighted by Crippen LogP contribution is -2.33. The van der Waals surface area contributed by atoms with Crippen molar-refractivity contribution < 1.29 is 13.7 Å². The van der Waals surface area contributed by atoms with Crippen LogP contribution in [0.4, 0.5) is 4.39 Å². The normalized spacial score (nSPS) is 19.6. The molecule has 3 rings (SSSR count). The van der Waals surface area contributed by atoms with E-state index in [0.717, 1.165) is 6.54 Å². The average molecular weight is 284 g/mol. The number of hydrogen-bond donors (Lipinski definition) is 1. The van der Waals surface area contributed by atoms with Crippen LogP contribution < -0.4 is 5.32 Å². The van der Waals surface area contributed by atoms with Gasteiger partial charge in [-0.05, 0) is 12.1 Å². The molecule has 1 aliphatic heterocycles. The van der Waals surface area contributed by atoms with Gasteiger partial charge in [-0.1, -0.05) is 22.8 Å². The molecule has 1 unspecified atom stereocenters. The predicted molar refractivity (Wildman–Crippen MR) is 66.3 cm³/mol. The lowest BCUT2D eigenvalue weighted by atomic mass is 10.2. The molecule has 0 bridgehead atoms. The Bertz CT molecular complexity index is 584. The summed E-state index contributed by atoms with van der Waals surface area (Å²) in [7, 11) is 0. The molecule has 1 aliphatic rings. The first-order chi connectivity index (χ1) is 9.25. The number of ether oxygens (including phenoxy) is 1. The Balaban J connectivity index is 1.90. The molecule has 5 nitrogen and oxygen atoms in total. The molecule has 1 aromatic heterocycles. The van der Waals surface area contributed by atoms with Crippen LogP contribution in [0.15, 0.2) is 22.7 Å². The largest absolute Gasteiger partial charge is 0.367 e. The molecule has 1 saturated heterocycles. The second-order valence-electron chi connectivity index (χ2n) is 4.12. The third-order valence-electron chi connectivity index (χ3n) is 2.84. The average Bonchev–Trinajstić information content (AvgIpc) is 2.92. The van der Waals surface area contributed by atoms with Crippen LogP contribution in [0.25, 0.3) is 11.5 Å². The molecule has 2 heterocycles. The predicted octanol–water partition coefficient (Wildman–Crippen LogP) is 2.19. The number of aromatic nitrogens is 2. The van der Waals surface area contributed by atoms with Crippen molar-refractivity contribution in [3.8, 4) is 11.5 Å². The topological polar surface area (TPSA) is 60.2 Å². The quantitative estimate of drug-likeness (QED) is 0.915. The molecule has 100 valence electrons. The molecule has 1 atom stereocenters. The Hall–Kier alpha value is -1.50. The molecule has 7 heteroatoms. The van der Waals surface area contributed by atoms with E-state index in [9.17, 15) is 4.39 Å². The van der Waals surface area contributed by atoms with Gasteiger partial charge in [0.1, 0.15) is 6.10 Å².